The summed E-state index contributed by atoms with van der Waals surface area (Å²) in [7, 11) is 2.75. The predicted octanol–water partition coefficient (Wildman–Crippen LogP) is 16.2. The van der Waals surface area contributed by atoms with E-state index in [1.54, 1.807) is 48.5 Å². The monoisotopic (exact) mass is 1250 g/mol. The number of carbonyl (C=O) groups excluding carboxylic acids is 3. The summed E-state index contributed by atoms with van der Waals surface area (Å²) in [5.74, 6) is -1.56. The fourth-order valence-electron chi connectivity index (χ4n) is 8.08. The van der Waals surface area contributed by atoms with Crippen molar-refractivity contribution in [2.75, 3.05) is 14.2 Å². The van der Waals surface area contributed by atoms with Gasteiger partial charge in [-0.2, -0.15) is 0 Å². The molecule has 0 aliphatic rings. The first-order chi connectivity index (χ1) is 42.9. The number of nitrogens with zero attached hydrogens (tertiary/aromatic N) is 1. The second kappa shape index (κ2) is 41.0. The van der Waals surface area contributed by atoms with Crippen LogP contribution in [0.25, 0.3) is 0 Å². The molecule has 0 spiro atoms. The second-order valence-electron chi connectivity index (χ2n) is 19.6. The van der Waals surface area contributed by atoms with E-state index >= 15 is 0 Å². The number of nitrogens with two attached hydrogens (primary N) is 1. The van der Waals surface area contributed by atoms with Crippen LogP contribution >= 0.6 is 15.9 Å². The molecule has 10 rings (SSSR count). The van der Waals surface area contributed by atoms with Gasteiger partial charge in [0.05, 0.1) is 25.3 Å². The van der Waals surface area contributed by atoms with Gasteiger partial charge in [-0.05, 0) is 135 Å². The maximum Gasteiger partial charge on any atom is 0.337 e. The summed E-state index contributed by atoms with van der Waals surface area (Å²) in [6, 6.07) is 80.5. The molecule has 0 saturated heterocycles. The largest absolute Gasteiger partial charge is 0.465 e. The van der Waals surface area contributed by atoms with Crippen LogP contribution in [0.2, 0.25) is 0 Å². The summed E-state index contributed by atoms with van der Waals surface area (Å²) >= 11 is 3.32. The first-order valence-corrected chi connectivity index (χ1v) is 29.3. The Balaban J connectivity index is 0.000000202. The van der Waals surface area contributed by atoms with Crippen LogP contribution in [0.4, 0.5) is 17.6 Å². The molecule has 0 aliphatic heterocycles. The zero-order chi connectivity index (χ0) is 63.0. The Morgan fingerprint density at radius 2 is 0.648 bits per heavy atom. The lowest BCUT2D eigenvalue weighted by atomic mass is 10.1. The number of rotatable bonds is 19. The summed E-state index contributed by atoms with van der Waals surface area (Å²) in [5.41, 5.74) is 17.4. The first-order valence-electron chi connectivity index (χ1n) is 28.2. The molecule has 0 radical (unpaired) electrons. The van der Waals surface area contributed by atoms with Gasteiger partial charge in [-0.15, -0.1) is 0 Å². The summed E-state index contributed by atoms with van der Waals surface area (Å²) < 4.78 is 59.9. The number of halogens is 5. The third-order valence-electron chi connectivity index (χ3n) is 12.8. The third-order valence-corrected chi connectivity index (χ3v) is 13.4. The number of carbonyl (C=O) groups is 3. The molecule has 0 saturated carbocycles. The minimum atomic E-state index is -0.339. The van der Waals surface area contributed by atoms with E-state index in [2.05, 4.69) is 72.6 Å². The van der Waals surface area contributed by atoms with Gasteiger partial charge in [0, 0.05) is 63.3 Å². The molecule has 88 heavy (non-hydrogen) atoms. The van der Waals surface area contributed by atoms with Crippen molar-refractivity contribution in [2.24, 2.45) is 5.73 Å². The quantitative estimate of drug-likeness (QED) is 0.0314. The number of hydrogen-bond acceptors (Lipinski definition) is 9. The number of aldehydes is 1. The molecule has 10 aromatic carbocycles. The maximum absolute atomic E-state index is 13.2. The van der Waals surface area contributed by atoms with Crippen molar-refractivity contribution in [3.8, 4) is 0 Å². The van der Waals surface area contributed by atoms with Gasteiger partial charge in [-0.25, -0.2) is 27.2 Å². The van der Waals surface area contributed by atoms with Crippen molar-refractivity contribution in [3.63, 3.8) is 0 Å². The molecule has 0 heterocycles. The SMILES string of the molecule is COC(=O)c1ccc(CBr)cc1.COC(=O)c1ccc(CN(Cc2ccccc2)Cc2ccc(F)cc2)cc1.Fc1ccc(CNCc2ccccc2)cc1.Fc1ccc(CNCc2ccccc2)cc1.NCc1ccccc1.O=Cc1ccc(F)cc1. The highest BCUT2D eigenvalue weighted by Crippen LogP contribution is 2.17. The molecule has 0 aliphatic carbocycles. The van der Waals surface area contributed by atoms with Gasteiger partial charge in [0.15, 0.2) is 0 Å². The predicted molar refractivity (Wildman–Crippen MR) is 347 cm³/mol. The lowest BCUT2D eigenvalue weighted by Gasteiger charge is -2.23. The Morgan fingerprint density at radius 1 is 0.386 bits per heavy atom. The van der Waals surface area contributed by atoms with Gasteiger partial charge < -0.3 is 25.8 Å². The van der Waals surface area contributed by atoms with Crippen LogP contribution in [0, 0.1) is 23.3 Å². The highest BCUT2D eigenvalue weighted by Gasteiger charge is 2.11. The fourth-order valence-corrected chi connectivity index (χ4v) is 8.46. The van der Waals surface area contributed by atoms with Gasteiger partial charge in [-0.3, -0.25) is 9.69 Å². The average molecular weight is 1250 g/mol. The number of benzene rings is 10. The standard InChI is InChI=1S/C23H22FNO2.2C14H14FN.C9H9BrO2.C7H5FO.C7H9N/c1-27-23(26)21-11-7-19(8-12-21)16-25(15-18-5-3-2-4-6-18)17-20-9-13-22(24)14-10-20;2*15-14-8-6-13(7-9-14)11-16-10-12-4-2-1-3-5-12;1-12-9(11)8-4-2-7(6-10)3-5-8;8-7-3-1-6(5-9)2-4-7;8-6-7-4-2-1-3-5-7/h2-14H,15-17H2,1H3;2*1-9,16H,10-11H2;2-5H,6H2,1H3;1-5H;1-5H,6,8H2. The number of ether oxygens (including phenoxy) is 2. The third kappa shape index (κ3) is 28.4. The molecule has 0 unspecified atom stereocenters. The van der Waals surface area contributed by atoms with E-state index in [1.165, 1.54) is 97.1 Å². The number of nitrogens with one attached hydrogen (secondary N) is 2. The van der Waals surface area contributed by atoms with E-state index in [0.29, 0.717) is 42.6 Å². The van der Waals surface area contributed by atoms with E-state index in [9.17, 15) is 31.9 Å². The molecule has 454 valence electrons. The number of esters is 2. The molecule has 0 aromatic heterocycles. The summed E-state index contributed by atoms with van der Waals surface area (Å²) in [5, 5.41) is 7.43. The summed E-state index contributed by atoms with van der Waals surface area (Å²) in [6.07, 6.45) is 0.680. The van der Waals surface area contributed by atoms with Gasteiger partial charge in [0.25, 0.3) is 0 Å². The normalized spacial score (nSPS) is 10.1. The van der Waals surface area contributed by atoms with Gasteiger partial charge in [0.2, 0.25) is 0 Å². The van der Waals surface area contributed by atoms with Crippen LogP contribution in [-0.2, 0) is 67.2 Å². The Kier molecular flexibility index (Phi) is 32.5. The Hall–Kier alpha value is -9.15. The Bertz CT molecular complexity index is 3400. The summed E-state index contributed by atoms with van der Waals surface area (Å²) in [6.45, 7) is 6.01. The van der Waals surface area contributed by atoms with Crippen LogP contribution in [-0.4, -0.2) is 37.3 Å². The smallest absolute Gasteiger partial charge is 0.337 e. The molecule has 0 fully saturated rings. The van der Waals surface area contributed by atoms with Crippen LogP contribution in [0.3, 0.4) is 0 Å². The topological polar surface area (TPSA) is 123 Å². The molecule has 14 heteroatoms. The van der Waals surface area contributed by atoms with Crippen molar-refractivity contribution >= 4 is 34.2 Å². The number of hydrogen-bond donors (Lipinski definition) is 3. The van der Waals surface area contributed by atoms with E-state index in [0.717, 1.165) is 65.9 Å². The number of methoxy groups -OCH3 is 2. The van der Waals surface area contributed by atoms with E-state index in [-0.39, 0.29) is 35.2 Å². The van der Waals surface area contributed by atoms with Crippen LogP contribution in [0.15, 0.2) is 267 Å². The zero-order valence-corrected chi connectivity index (χ0v) is 50.9. The van der Waals surface area contributed by atoms with E-state index in [1.807, 2.05) is 121 Å². The molecule has 9 nitrogen and oxygen atoms in total. The van der Waals surface area contributed by atoms with Gasteiger partial charge >= 0.3 is 11.9 Å². The van der Waals surface area contributed by atoms with Crippen molar-refractivity contribution in [2.45, 2.75) is 57.7 Å². The number of alkyl halides is 1. The maximum atomic E-state index is 13.2. The molecule has 10 aromatic rings. The molecule has 4 N–H and O–H groups in total. The van der Waals surface area contributed by atoms with Crippen molar-refractivity contribution < 1.29 is 41.4 Å². The molecule has 0 atom stereocenters. The minimum absolute atomic E-state index is 0.188. The van der Waals surface area contributed by atoms with Crippen molar-refractivity contribution in [1.29, 1.82) is 0 Å². The molecular weight excluding hydrogens is 1180 g/mol. The van der Waals surface area contributed by atoms with Gasteiger partial charge in [0.1, 0.15) is 29.6 Å². The Morgan fingerprint density at radius 3 is 0.943 bits per heavy atom. The Labute approximate surface area is 523 Å². The minimum Gasteiger partial charge on any atom is -0.465 e. The average Bonchev–Trinajstić information content (AvgIpc) is 3.67. The zero-order valence-electron chi connectivity index (χ0n) is 49.3. The lowest BCUT2D eigenvalue weighted by molar-refractivity contribution is 0.0592. The highest BCUT2D eigenvalue weighted by atomic mass is 79.9. The van der Waals surface area contributed by atoms with E-state index in [4.69, 9.17) is 10.5 Å². The molecular formula is C74H73BrF4N4O5. The lowest BCUT2D eigenvalue weighted by Crippen LogP contribution is -2.22. The van der Waals surface area contributed by atoms with Crippen molar-refractivity contribution in [1.82, 2.24) is 15.5 Å². The van der Waals surface area contributed by atoms with Crippen molar-refractivity contribution in [3.05, 3.63) is 357 Å². The van der Waals surface area contributed by atoms with Crippen LogP contribution in [0.1, 0.15) is 81.1 Å². The highest BCUT2D eigenvalue weighted by molar-refractivity contribution is 9.08. The van der Waals surface area contributed by atoms with Crippen LogP contribution < -0.4 is 16.4 Å². The second-order valence-corrected chi connectivity index (χ2v) is 20.1. The van der Waals surface area contributed by atoms with Crippen LogP contribution in [0.5, 0.6) is 0 Å². The fraction of sp³-hybridized carbons (Fsp3) is 0.149. The molecule has 0 amide bonds. The van der Waals surface area contributed by atoms with Gasteiger partial charge in [-0.1, -0.05) is 198 Å². The summed E-state index contributed by atoms with van der Waals surface area (Å²) in [4.78, 5) is 34.9. The van der Waals surface area contributed by atoms with E-state index < -0.39 is 0 Å². The first kappa shape index (κ1) is 69.6. The molecule has 0 bridgehead atoms.